The molecule has 0 radical (unpaired) electrons. The van der Waals surface area contributed by atoms with Crippen LogP contribution in [0.1, 0.15) is 15.9 Å². The van der Waals surface area contributed by atoms with Crippen molar-refractivity contribution in [2.75, 3.05) is 26.6 Å². The van der Waals surface area contributed by atoms with Crippen LogP contribution in [-0.4, -0.2) is 42.3 Å². The van der Waals surface area contributed by atoms with E-state index in [1.165, 1.54) is 33.5 Å². The summed E-state index contributed by atoms with van der Waals surface area (Å²) in [4.78, 5) is 12.9. The predicted octanol–water partition coefficient (Wildman–Crippen LogP) is 4.43. The quantitative estimate of drug-likeness (QED) is 0.291. The first kappa shape index (κ1) is 25.1. The summed E-state index contributed by atoms with van der Waals surface area (Å²) in [6, 6.07) is 10.5. The fraction of sp³-hybridized carbons (Fsp3) is 0.300. The van der Waals surface area contributed by atoms with Crippen molar-refractivity contribution in [3.8, 4) is 17.2 Å². The minimum Gasteiger partial charge on any atom is -0.493 e. The van der Waals surface area contributed by atoms with E-state index in [0.717, 1.165) is 11.3 Å². The van der Waals surface area contributed by atoms with Gasteiger partial charge in [0.25, 0.3) is 5.91 Å². The third-order valence-electron chi connectivity index (χ3n) is 4.20. The Balaban J connectivity index is 2.22. The maximum Gasteiger partial charge on any atom is 0.253 e. The molecule has 0 aliphatic carbocycles. The Morgan fingerprint density at radius 3 is 2.06 bits per heavy atom. The number of amides is 1. The number of benzene rings is 2. The van der Waals surface area contributed by atoms with Gasteiger partial charge in [-0.05, 0) is 42.9 Å². The second kappa shape index (κ2) is 10.9. The number of ether oxygens (including phenoxy) is 3. The zero-order chi connectivity index (χ0) is 23.2. The fourth-order valence-corrected chi connectivity index (χ4v) is 3.18. The number of methoxy groups -OCH3 is 3. The van der Waals surface area contributed by atoms with Gasteiger partial charge in [-0.1, -0.05) is 53.0 Å². The van der Waals surface area contributed by atoms with Gasteiger partial charge in [0.05, 0.1) is 21.3 Å². The van der Waals surface area contributed by atoms with E-state index < -0.39 is 15.9 Å². The molecule has 0 spiro atoms. The lowest BCUT2D eigenvalue weighted by Crippen LogP contribution is -2.56. The minimum atomic E-state index is -1.91. The number of alkyl halides is 3. The molecule has 0 fully saturated rings. The van der Waals surface area contributed by atoms with Gasteiger partial charge in [-0.2, -0.15) is 0 Å². The molecule has 2 rings (SSSR count). The molecule has 0 heterocycles. The van der Waals surface area contributed by atoms with Gasteiger partial charge < -0.3 is 30.2 Å². The summed E-state index contributed by atoms with van der Waals surface area (Å²) in [5.41, 5.74) is 1.95. The zero-order valence-electron chi connectivity index (χ0n) is 17.2. The highest BCUT2D eigenvalue weighted by Gasteiger charge is 2.35. The van der Waals surface area contributed by atoms with Gasteiger partial charge in [-0.3, -0.25) is 4.79 Å². The average molecular weight is 507 g/mol. The second-order valence-electron chi connectivity index (χ2n) is 6.28. The highest BCUT2D eigenvalue weighted by atomic mass is 35.6. The van der Waals surface area contributed by atoms with Crippen molar-refractivity contribution in [2.45, 2.75) is 16.9 Å². The van der Waals surface area contributed by atoms with Crippen LogP contribution in [0.3, 0.4) is 0 Å². The van der Waals surface area contributed by atoms with Crippen molar-refractivity contribution in [2.24, 2.45) is 0 Å². The molecule has 0 bridgehead atoms. The van der Waals surface area contributed by atoms with Gasteiger partial charge in [0.15, 0.2) is 16.6 Å². The van der Waals surface area contributed by atoms with Crippen LogP contribution in [0.5, 0.6) is 17.2 Å². The molecule has 2 aromatic carbocycles. The molecule has 168 valence electrons. The average Bonchev–Trinajstić information content (AvgIpc) is 2.72. The maximum absolute atomic E-state index is 12.9. The van der Waals surface area contributed by atoms with Gasteiger partial charge in [0.2, 0.25) is 9.54 Å². The molecular weight excluding hydrogens is 485 g/mol. The van der Waals surface area contributed by atoms with E-state index in [1.807, 2.05) is 31.2 Å². The highest BCUT2D eigenvalue weighted by molar-refractivity contribution is 7.80. The largest absolute Gasteiger partial charge is 0.493 e. The standard InChI is InChI=1S/C20H22Cl3N3O4S/c1-11-7-5-6-8-13(11)24-19(31)26-18(20(21,22)23)25-17(27)12-9-14(28-2)16(30-4)15(10-12)29-3/h5-10,18H,1-4H3,(H,25,27)(H2,24,26,31). The molecule has 1 atom stereocenters. The number of thiocarbonyl (C=S) groups is 1. The first-order valence-corrected chi connectivity index (χ1v) is 10.5. The SMILES string of the molecule is COc1cc(C(=O)NC(NC(=S)Nc2ccccc2C)C(Cl)(Cl)Cl)cc(OC)c1OC. The number of halogens is 3. The number of anilines is 1. The maximum atomic E-state index is 12.9. The number of hydrogen-bond donors (Lipinski definition) is 3. The van der Waals surface area contributed by atoms with E-state index in [-0.39, 0.29) is 10.7 Å². The van der Waals surface area contributed by atoms with E-state index in [4.69, 9.17) is 61.2 Å². The first-order valence-electron chi connectivity index (χ1n) is 8.91. The summed E-state index contributed by atoms with van der Waals surface area (Å²) in [5, 5.41) is 8.61. The van der Waals surface area contributed by atoms with Crippen LogP contribution < -0.4 is 30.2 Å². The lowest BCUT2D eigenvalue weighted by atomic mass is 10.1. The molecule has 31 heavy (non-hydrogen) atoms. The Hall–Kier alpha value is -2.13. The summed E-state index contributed by atoms with van der Waals surface area (Å²) in [6.07, 6.45) is -1.15. The third-order valence-corrected chi connectivity index (χ3v) is 5.07. The lowest BCUT2D eigenvalue weighted by Gasteiger charge is -2.28. The van der Waals surface area contributed by atoms with Gasteiger partial charge in [0, 0.05) is 11.3 Å². The van der Waals surface area contributed by atoms with Crippen LogP contribution in [0, 0.1) is 6.92 Å². The van der Waals surface area contributed by atoms with Crippen molar-refractivity contribution in [3.63, 3.8) is 0 Å². The number of aryl methyl sites for hydroxylation is 1. The van der Waals surface area contributed by atoms with E-state index in [9.17, 15) is 4.79 Å². The van der Waals surface area contributed by atoms with Crippen molar-refractivity contribution in [1.29, 1.82) is 0 Å². The number of hydrogen-bond acceptors (Lipinski definition) is 5. The van der Waals surface area contributed by atoms with E-state index in [2.05, 4.69) is 16.0 Å². The summed E-state index contributed by atoms with van der Waals surface area (Å²) >= 11 is 23.5. The molecule has 0 aliphatic rings. The van der Waals surface area contributed by atoms with Gasteiger partial charge in [-0.25, -0.2) is 0 Å². The number of rotatable bonds is 7. The Morgan fingerprint density at radius 2 is 1.58 bits per heavy atom. The molecule has 11 heteroatoms. The number of carbonyl (C=O) groups is 1. The molecule has 7 nitrogen and oxygen atoms in total. The van der Waals surface area contributed by atoms with Crippen molar-refractivity contribution in [3.05, 3.63) is 47.5 Å². The molecule has 0 saturated carbocycles. The van der Waals surface area contributed by atoms with Crippen molar-refractivity contribution in [1.82, 2.24) is 10.6 Å². The number of para-hydroxylation sites is 1. The normalized spacial score (nSPS) is 11.8. The van der Waals surface area contributed by atoms with Crippen LogP contribution in [0.25, 0.3) is 0 Å². The van der Waals surface area contributed by atoms with Crippen LogP contribution >= 0.6 is 47.0 Å². The summed E-state index contributed by atoms with van der Waals surface area (Å²) in [5.74, 6) is 0.409. The molecule has 0 saturated heterocycles. The van der Waals surface area contributed by atoms with Crippen LogP contribution in [0.15, 0.2) is 36.4 Å². The fourth-order valence-electron chi connectivity index (χ4n) is 2.63. The smallest absolute Gasteiger partial charge is 0.253 e. The molecule has 3 N–H and O–H groups in total. The Labute approximate surface area is 201 Å². The van der Waals surface area contributed by atoms with E-state index in [1.54, 1.807) is 0 Å². The van der Waals surface area contributed by atoms with E-state index >= 15 is 0 Å². The van der Waals surface area contributed by atoms with Gasteiger partial charge in [0.1, 0.15) is 6.17 Å². The van der Waals surface area contributed by atoms with Crippen molar-refractivity contribution >= 4 is 63.7 Å². The van der Waals surface area contributed by atoms with Crippen LogP contribution in [0.2, 0.25) is 0 Å². The van der Waals surface area contributed by atoms with E-state index in [0.29, 0.717) is 17.2 Å². The number of carbonyl (C=O) groups excluding carboxylic acids is 1. The summed E-state index contributed by atoms with van der Waals surface area (Å²) < 4.78 is 13.9. The Bertz CT molecular complexity index is 929. The zero-order valence-corrected chi connectivity index (χ0v) is 20.3. The van der Waals surface area contributed by atoms with Crippen LogP contribution in [-0.2, 0) is 0 Å². The van der Waals surface area contributed by atoms with Crippen LogP contribution in [0.4, 0.5) is 5.69 Å². The van der Waals surface area contributed by atoms with Crippen molar-refractivity contribution < 1.29 is 19.0 Å². The monoisotopic (exact) mass is 505 g/mol. The Morgan fingerprint density at radius 1 is 1.00 bits per heavy atom. The molecule has 1 amide bonds. The number of nitrogens with one attached hydrogen (secondary N) is 3. The highest BCUT2D eigenvalue weighted by Crippen LogP contribution is 2.38. The molecular formula is C20H22Cl3N3O4S. The lowest BCUT2D eigenvalue weighted by molar-refractivity contribution is 0.0933. The predicted molar refractivity (Wildman–Crippen MR) is 128 cm³/mol. The molecule has 1 unspecified atom stereocenters. The molecule has 0 aromatic heterocycles. The minimum absolute atomic E-state index is 0.163. The topological polar surface area (TPSA) is 80.9 Å². The molecule has 2 aromatic rings. The second-order valence-corrected chi connectivity index (χ2v) is 9.05. The molecule has 0 aliphatic heterocycles. The summed E-state index contributed by atoms with van der Waals surface area (Å²) in [7, 11) is 4.35. The van der Waals surface area contributed by atoms with Gasteiger partial charge in [-0.15, -0.1) is 0 Å². The van der Waals surface area contributed by atoms with Gasteiger partial charge >= 0.3 is 0 Å². The summed E-state index contributed by atoms with van der Waals surface area (Å²) in [6.45, 7) is 1.92. The first-order chi connectivity index (χ1) is 14.6. The third kappa shape index (κ3) is 6.67. The Kier molecular flexibility index (Phi) is 8.88.